The van der Waals surface area contributed by atoms with Gasteiger partial charge in [-0.25, -0.2) is 17.9 Å². The first kappa shape index (κ1) is 27.4. The summed E-state index contributed by atoms with van der Waals surface area (Å²) in [4.78, 5) is 39.1. The number of aryl methyl sites for hydroxylation is 2. The van der Waals surface area contributed by atoms with E-state index < -0.39 is 28.0 Å². The van der Waals surface area contributed by atoms with Gasteiger partial charge in [0.1, 0.15) is 6.04 Å². The molecule has 3 rings (SSSR count). The van der Waals surface area contributed by atoms with Crippen molar-refractivity contribution in [3.05, 3.63) is 89.5 Å². The summed E-state index contributed by atoms with van der Waals surface area (Å²) in [5, 5.41) is 5.26. The van der Waals surface area contributed by atoms with Crippen LogP contribution in [0.4, 0.5) is 16.2 Å². The summed E-state index contributed by atoms with van der Waals surface area (Å²) in [5.74, 6) is -0.655. The fourth-order valence-electron chi connectivity index (χ4n) is 3.82. The Balaban J connectivity index is 1.83. The third-order valence-corrected chi connectivity index (χ3v) is 7.23. The van der Waals surface area contributed by atoms with Gasteiger partial charge in [0.15, 0.2) is 0 Å². The molecule has 0 aliphatic heterocycles. The molecule has 0 aliphatic carbocycles. The van der Waals surface area contributed by atoms with E-state index in [0.29, 0.717) is 16.9 Å². The van der Waals surface area contributed by atoms with E-state index in [0.717, 1.165) is 11.1 Å². The number of anilines is 2. The van der Waals surface area contributed by atoms with Crippen molar-refractivity contribution in [2.24, 2.45) is 0 Å². The highest BCUT2D eigenvalue weighted by molar-refractivity contribution is 7.90. The quantitative estimate of drug-likeness (QED) is 0.418. The monoisotopic (exact) mass is 522 g/mol. The van der Waals surface area contributed by atoms with Crippen LogP contribution in [0.2, 0.25) is 0 Å². The fourth-order valence-corrected chi connectivity index (χ4v) is 4.98. The molecule has 0 aromatic heterocycles. The Labute approximate surface area is 216 Å². The van der Waals surface area contributed by atoms with Gasteiger partial charge in [-0.1, -0.05) is 48.5 Å². The molecule has 10 heteroatoms. The Bertz CT molecular complexity index is 1410. The van der Waals surface area contributed by atoms with Crippen LogP contribution in [0.3, 0.4) is 0 Å². The molecule has 0 bridgehead atoms. The zero-order chi connectivity index (χ0) is 27.2. The minimum absolute atomic E-state index is 0.0251. The smallest absolute Gasteiger partial charge is 0.326 e. The third-order valence-electron chi connectivity index (χ3n) is 5.73. The number of benzene rings is 3. The van der Waals surface area contributed by atoms with E-state index >= 15 is 0 Å². The van der Waals surface area contributed by atoms with Crippen LogP contribution in [0.5, 0.6) is 0 Å². The molecule has 0 radical (unpaired) electrons. The second kappa shape index (κ2) is 11.7. The van der Waals surface area contributed by atoms with Gasteiger partial charge in [0.25, 0.3) is 10.0 Å². The molecule has 3 aromatic carbocycles. The lowest BCUT2D eigenvalue weighted by Gasteiger charge is -2.25. The van der Waals surface area contributed by atoms with Gasteiger partial charge in [0, 0.05) is 31.8 Å². The molecule has 0 heterocycles. The van der Waals surface area contributed by atoms with E-state index in [2.05, 4.69) is 10.6 Å². The highest BCUT2D eigenvalue weighted by atomic mass is 32.2. The second-order valence-electron chi connectivity index (χ2n) is 8.66. The number of urea groups is 1. The maximum Gasteiger partial charge on any atom is 0.329 e. The van der Waals surface area contributed by atoms with E-state index in [9.17, 15) is 22.8 Å². The number of likely N-dealkylation sites (N-methyl/N-ethyl adjacent to an activating group) is 1. The van der Waals surface area contributed by atoms with Gasteiger partial charge in [-0.2, -0.15) is 0 Å². The molecule has 0 saturated heterocycles. The lowest BCUT2D eigenvalue weighted by Crippen LogP contribution is -2.52. The van der Waals surface area contributed by atoms with E-state index in [1.807, 2.05) is 35.1 Å². The second-order valence-corrected chi connectivity index (χ2v) is 10.3. The molecule has 1 atom stereocenters. The first-order valence-corrected chi connectivity index (χ1v) is 13.0. The summed E-state index contributed by atoms with van der Waals surface area (Å²) in [7, 11) is -2.58. The topological polar surface area (TPSA) is 125 Å². The number of nitrogens with one attached hydrogen (secondary N) is 3. The largest absolute Gasteiger partial charge is 0.329 e. The summed E-state index contributed by atoms with van der Waals surface area (Å²) in [6.07, 6.45) is 0.144. The Hall–Kier alpha value is -4.18. The fraction of sp³-hybridized carbons (Fsp3) is 0.222. The molecule has 0 fully saturated rings. The number of nitrogens with zero attached hydrogens (tertiary/aromatic N) is 1. The molecule has 0 saturated carbocycles. The van der Waals surface area contributed by atoms with Crippen LogP contribution >= 0.6 is 0 Å². The van der Waals surface area contributed by atoms with Crippen molar-refractivity contribution < 1.29 is 22.8 Å². The van der Waals surface area contributed by atoms with Crippen molar-refractivity contribution in [2.45, 2.75) is 38.1 Å². The summed E-state index contributed by atoms with van der Waals surface area (Å²) in [5.41, 5.74) is 3.19. The number of hydrogen-bond acceptors (Lipinski definition) is 5. The highest BCUT2D eigenvalue weighted by Crippen LogP contribution is 2.23. The minimum Gasteiger partial charge on any atom is -0.326 e. The van der Waals surface area contributed by atoms with Gasteiger partial charge < -0.3 is 15.5 Å². The van der Waals surface area contributed by atoms with Crippen molar-refractivity contribution in [2.75, 3.05) is 17.3 Å². The van der Waals surface area contributed by atoms with Crippen LogP contribution in [-0.4, -0.2) is 39.4 Å². The molecule has 9 nitrogen and oxygen atoms in total. The van der Waals surface area contributed by atoms with Crippen LogP contribution in [0.25, 0.3) is 0 Å². The van der Waals surface area contributed by atoms with Crippen molar-refractivity contribution >= 4 is 39.2 Å². The molecular weight excluding hydrogens is 492 g/mol. The van der Waals surface area contributed by atoms with Gasteiger partial charge in [0.05, 0.1) is 4.90 Å². The molecule has 4 amide bonds. The number of amides is 4. The molecule has 0 unspecified atom stereocenters. The summed E-state index contributed by atoms with van der Waals surface area (Å²) in [6, 6.07) is 18.4. The SMILES string of the molecule is CC(=O)Nc1ccc(N(C)C(=O)[C@H](Cc2ccccc2)NC(=O)NS(=O)(=O)c2ccccc2C)cc1C. The van der Waals surface area contributed by atoms with Crippen molar-refractivity contribution in [1.82, 2.24) is 10.0 Å². The maximum absolute atomic E-state index is 13.5. The Morgan fingerprint density at radius 1 is 0.892 bits per heavy atom. The van der Waals surface area contributed by atoms with Gasteiger partial charge in [-0.05, 0) is 54.8 Å². The molecule has 0 spiro atoms. The normalized spacial score (nSPS) is 11.8. The summed E-state index contributed by atoms with van der Waals surface area (Å²) >= 11 is 0. The first-order valence-electron chi connectivity index (χ1n) is 11.6. The lowest BCUT2D eigenvalue weighted by molar-refractivity contribution is -0.120. The molecule has 37 heavy (non-hydrogen) atoms. The number of sulfonamides is 1. The van der Waals surface area contributed by atoms with Gasteiger partial charge in [0.2, 0.25) is 11.8 Å². The number of hydrogen-bond donors (Lipinski definition) is 3. The summed E-state index contributed by atoms with van der Waals surface area (Å²) < 4.78 is 27.6. The average Bonchev–Trinajstić information content (AvgIpc) is 2.84. The number of carbonyl (C=O) groups excluding carboxylic acids is 3. The van der Waals surface area contributed by atoms with Gasteiger partial charge >= 0.3 is 6.03 Å². The zero-order valence-corrected chi connectivity index (χ0v) is 21.9. The predicted molar refractivity (Wildman–Crippen MR) is 143 cm³/mol. The minimum atomic E-state index is -4.15. The van der Waals surface area contributed by atoms with Crippen LogP contribution in [0.1, 0.15) is 23.6 Å². The Kier molecular flexibility index (Phi) is 8.67. The summed E-state index contributed by atoms with van der Waals surface area (Å²) in [6.45, 7) is 4.84. The van der Waals surface area contributed by atoms with Crippen LogP contribution in [0, 0.1) is 13.8 Å². The third kappa shape index (κ3) is 7.17. The van der Waals surface area contributed by atoms with E-state index in [1.54, 1.807) is 57.3 Å². The lowest BCUT2D eigenvalue weighted by atomic mass is 10.0. The van der Waals surface area contributed by atoms with Gasteiger partial charge in [-0.3, -0.25) is 9.59 Å². The zero-order valence-electron chi connectivity index (χ0n) is 21.1. The standard InChI is InChI=1S/C27H30N4O5S/c1-18-10-8-9-13-25(18)37(35,36)30-27(34)29-24(17-21-11-6-5-7-12-21)26(33)31(4)22-14-15-23(19(2)16-22)28-20(3)32/h5-16,24H,17H2,1-4H3,(H,28,32)(H2,29,30,34)/t24-/m0/s1. The predicted octanol–water partition coefficient (Wildman–Crippen LogP) is 3.52. The first-order chi connectivity index (χ1) is 17.5. The molecule has 3 aromatic rings. The number of rotatable bonds is 8. The number of carbonyl (C=O) groups is 3. The van der Waals surface area contributed by atoms with E-state index in [1.165, 1.54) is 17.9 Å². The average molecular weight is 523 g/mol. The van der Waals surface area contributed by atoms with Crippen molar-refractivity contribution in [1.29, 1.82) is 0 Å². The van der Waals surface area contributed by atoms with Crippen molar-refractivity contribution in [3.63, 3.8) is 0 Å². The van der Waals surface area contributed by atoms with E-state index in [-0.39, 0.29) is 17.2 Å². The molecule has 194 valence electrons. The highest BCUT2D eigenvalue weighted by Gasteiger charge is 2.28. The van der Waals surface area contributed by atoms with Crippen molar-refractivity contribution in [3.8, 4) is 0 Å². The van der Waals surface area contributed by atoms with Crippen LogP contribution in [0.15, 0.2) is 77.7 Å². The van der Waals surface area contributed by atoms with Crippen LogP contribution in [-0.2, 0) is 26.0 Å². The molecule has 0 aliphatic rings. The molecule has 3 N–H and O–H groups in total. The van der Waals surface area contributed by atoms with Crippen LogP contribution < -0.4 is 20.3 Å². The molecular formula is C27H30N4O5S. The Morgan fingerprint density at radius 2 is 1.54 bits per heavy atom. The Morgan fingerprint density at radius 3 is 2.16 bits per heavy atom. The van der Waals surface area contributed by atoms with Gasteiger partial charge in [-0.15, -0.1) is 0 Å². The maximum atomic E-state index is 13.5. The van der Waals surface area contributed by atoms with E-state index in [4.69, 9.17) is 0 Å².